The molecule has 110 valence electrons. The van der Waals surface area contributed by atoms with Gasteiger partial charge >= 0.3 is 5.97 Å². The molecule has 1 atom stereocenters. The van der Waals surface area contributed by atoms with Gasteiger partial charge in [-0.15, -0.1) is 0 Å². The summed E-state index contributed by atoms with van der Waals surface area (Å²) in [5.74, 6) is 0.372. The van der Waals surface area contributed by atoms with Crippen molar-refractivity contribution in [2.45, 2.75) is 19.4 Å². The average Bonchev–Trinajstić information content (AvgIpc) is 2.44. The molecule has 0 radical (unpaired) electrons. The van der Waals surface area contributed by atoms with Gasteiger partial charge in [-0.05, 0) is 49.6 Å². The van der Waals surface area contributed by atoms with Crippen molar-refractivity contribution in [2.75, 3.05) is 23.5 Å². The van der Waals surface area contributed by atoms with E-state index in [0.29, 0.717) is 36.6 Å². The van der Waals surface area contributed by atoms with Crippen LogP contribution in [0, 0.1) is 0 Å². The topological polar surface area (TPSA) is 66.8 Å². The molecule has 0 aromatic heterocycles. The number of hydrogen-bond acceptors (Lipinski definition) is 4. The van der Waals surface area contributed by atoms with Crippen molar-refractivity contribution < 1.29 is 19.4 Å². The summed E-state index contributed by atoms with van der Waals surface area (Å²) in [6.45, 7) is 2.44. The first-order chi connectivity index (χ1) is 9.63. The Morgan fingerprint density at radius 3 is 2.55 bits per heavy atom. The lowest BCUT2D eigenvalue weighted by atomic mass is 10.1. The summed E-state index contributed by atoms with van der Waals surface area (Å²) < 4.78 is 5.32. The molecule has 1 rings (SSSR count). The number of nitrogens with zero attached hydrogens (tertiary/aromatic N) is 1. The normalized spacial score (nSPS) is 11.7. The molecule has 1 N–H and O–H groups in total. The molecule has 0 fully saturated rings. The van der Waals surface area contributed by atoms with Crippen molar-refractivity contribution in [3.05, 3.63) is 24.3 Å². The number of carbonyl (C=O) groups excluding carboxylic acids is 1. The van der Waals surface area contributed by atoms with Gasteiger partial charge in [0.1, 0.15) is 11.8 Å². The Morgan fingerprint density at radius 1 is 1.45 bits per heavy atom. The number of carboxylic acids is 1. The first kappa shape index (κ1) is 16.4. The first-order valence-electron chi connectivity index (χ1n) is 6.32. The third-order valence-electron chi connectivity index (χ3n) is 2.78. The van der Waals surface area contributed by atoms with Crippen LogP contribution in [0.5, 0.6) is 5.75 Å². The van der Waals surface area contributed by atoms with E-state index in [4.69, 9.17) is 4.74 Å². The average molecular weight is 297 g/mol. The maximum atomic E-state index is 11.3. The van der Waals surface area contributed by atoms with Crippen molar-refractivity contribution in [1.29, 1.82) is 0 Å². The van der Waals surface area contributed by atoms with Crippen molar-refractivity contribution in [1.82, 2.24) is 0 Å². The van der Waals surface area contributed by atoms with Crippen LogP contribution in [0.3, 0.4) is 0 Å². The Hall–Kier alpha value is -1.69. The second-order valence-electron chi connectivity index (χ2n) is 4.08. The largest absolute Gasteiger partial charge is 0.494 e. The Balaban J connectivity index is 2.91. The molecule has 5 nitrogen and oxygen atoms in total. The third-order valence-corrected chi connectivity index (χ3v) is 3.42. The van der Waals surface area contributed by atoms with E-state index in [1.165, 1.54) is 4.90 Å². The van der Waals surface area contributed by atoms with E-state index in [0.717, 1.165) is 0 Å². The molecule has 0 heterocycles. The molecule has 1 amide bonds. The second kappa shape index (κ2) is 8.47. The predicted octanol–water partition coefficient (Wildman–Crippen LogP) is 2.25. The van der Waals surface area contributed by atoms with Gasteiger partial charge in [-0.1, -0.05) is 0 Å². The van der Waals surface area contributed by atoms with E-state index >= 15 is 0 Å². The van der Waals surface area contributed by atoms with Crippen LogP contribution in [0.15, 0.2) is 24.3 Å². The Kier molecular flexibility index (Phi) is 6.93. The monoisotopic (exact) mass is 297 g/mol. The van der Waals surface area contributed by atoms with Crippen LogP contribution in [-0.4, -0.2) is 42.1 Å². The van der Waals surface area contributed by atoms with E-state index in [2.05, 4.69) is 0 Å². The zero-order valence-electron chi connectivity index (χ0n) is 11.6. The standard InChI is InChI=1S/C14H19NO4S/c1-3-19-12-6-4-11(5-7-12)15(10-16)13(14(17)18)8-9-20-2/h4-7,10,13H,3,8-9H2,1-2H3,(H,17,18). The second-order valence-corrected chi connectivity index (χ2v) is 5.06. The molecular formula is C14H19NO4S. The molecule has 0 aliphatic heterocycles. The van der Waals surface area contributed by atoms with Gasteiger partial charge in [0.15, 0.2) is 0 Å². The van der Waals surface area contributed by atoms with E-state index in [1.54, 1.807) is 36.0 Å². The van der Waals surface area contributed by atoms with Gasteiger partial charge in [0.2, 0.25) is 6.41 Å². The van der Waals surface area contributed by atoms with Crippen LogP contribution in [0.25, 0.3) is 0 Å². The smallest absolute Gasteiger partial charge is 0.326 e. The highest BCUT2D eigenvalue weighted by molar-refractivity contribution is 7.98. The first-order valence-corrected chi connectivity index (χ1v) is 7.71. The minimum Gasteiger partial charge on any atom is -0.494 e. The fourth-order valence-corrected chi connectivity index (χ4v) is 2.27. The molecule has 0 bridgehead atoms. The molecule has 0 aliphatic carbocycles. The molecule has 0 spiro atoms. The maximum absolute atomic E-state index is 11.3. The molecule has 0 saturated carbocycles. The quantitative estimate of drug-likeness (QED) is 0.708. The summed E-state index contributed by atoms with van der Waals surface area (Å²) in [7, 11) is 0. The van der Waals surface area contributed by atoms with Crippen molar-refractivity contribution >= 4 is 29.8 Å². The van der Waals surface area contributed by atoms with E-state index in [9.17, 15) is 14.7 Å². The van der Waals surface area contributed by atoms with Crippen LogP contribution in [0.1, 0.15) is 13.3 Å². The van der Waals surface area contributed by atoms with Crippen molar-refractivity contribution in [3.8, 4) is 5.75 Å². The number of hydrogen-bond donors (Lipinski definition) is 1. The number of anilines is 1. The molecule has 1 aromatic rings. The number of carbonyl (C=O) groups is 2. The number of rotatable bonds is 9. The zero-order valence-corrected chi connectivity index (χ0v) is 12.4. The summed E-state index contributed by atoms with van der Waals surface area (Å²) in [5.41, 5.74) is 0.553. The van der Waals surface area contributed by atoms with E-state index in [1.807, 2.05) is 13.2 Å². The van der Waals surface area contributed by atoms with Gasteiger partial charge < -0.3 is 14.7 Å². The summed E-state index contributed by atoms with van der Waals surface area (Å²) in [4.78, 5) is 23.8. The lowest BCUT2D eigenvalue weighted by molar-refractivity contribution is -0.139. The number of aliphatic carboxylic acids is 1. The fraction of sp³-hybridized carbons (Fsp3) is 0.429. The Morgan fingerprint density at radius 2 is 2.10 bits per heavy atom. The number of ether oxygens (including phenoxy) is 1. The molecule has 20 heavy (non-hydrogen) atoms. The van der Waals surface area contributed by atoms with Gasteiger partial charge in [0.05, 0.1) is 6.61 Å². The predicted molar refractivity (Wildman–Crippen MR) is 80.6 cm³/mol. The zero-order chi connectivity index (χ0) is 15.0. The SMILES string of the molecule is CCOc1ccc(N(C=O)C(CCSC)C(=O)O)cc1. The van der Waals surface area contributed by atoms with Crippen LogP contribution in [0.2, 0.25) is 0 Å². The lowest BCUT2D eigenvalue weighted by Gasteiger charge is -2.25. The van der Waals surface area contributed by atoms with Crippen LogP contribution < -0.4 is 9.64 Å². The van der Waals surface area contributed by atoms with Crippen LogP contribution in [0.4, 0.5) is 5.69 Å². The maximum Gasteiger partial charge on any atom is 0.326 e. The number of thioether (sulfide) groups is 1. The number of benzene rings is 1. The summed E-state index contributed by atoms with van der Waals surface area (Å²) in [5, 5.41) is 9.27. The fourth-order valence-electron chi connectivity index (χ4n) is 1.81. The van der Waals surface area contributed by atoms with E-state index in [-0.39, 0.29) is 0 Å². The molecule has 0 saturated heterocycles. The lowest BCUT2D eigenvalue weighted by Crippen LogP contribution is -2.41. The van der Waals surface area contributed by atoms with Gasteiger partial charge in [-0.2, -0.15) is 11.8 Å². The van der Waals surface area contributed by atoms with Gasteiger partial charge in [0.25, 0.3) is 0 Å². The van der Waals surface area contributed by atoms with Crippen molar-refractivity contribution in [2.24, 2.45) is 0 Å². The minimum absolute atomic E-state index is 0.405. The highest BCUT2D eigenvalue weighted by Crippen LogP contribution is 2.22. The summed E-state index contributed by atoms with van der Waals surface area (Å²) in [6.07, 6.45) is 2.87. The van der Waals surface area contributed by atoms with Crippen LogP contribution >= 0.6 is 11.8 Å². The van der Waals surface area contributed by atoms with Crippen LogP contribution in [-0.2, 0) is 9.59 Å². The molecular weight excluding hydrogens is 278 g/mol. The van der Waals surface area contributed by atoms with Gasteiger partial charge in [0, 0.05) is 5.69 Å². The number of amides is 1. The molecule has 6 heteroatoms. The third kappa shape index (κ3) is 4.45. The highest BCUT2D eigenvalue weighted by atomic mass is 32.2. The highest BCUT2D eigenvalue weighted by Gasteiger charge is 2.25. The molecule has 1 aromatic carbocycles. The Bertz CT molecular complexity index is 435. The summed E-state index contributed by atoms with van der Waals surface area (Å²) >= 11 is 1.55. The van der Waals surface area contributed by atoms with Gasteiger partial charge in [-0.3, -0.25) is 4.79 Å². The molecule has 0 aliphatic rings. The molecule has 1 unspecified atom stereocenters. The number of carboxylic acid groups (broad SMARTS) is 1. The van der Waals surface area contributed by atoms with E-state index < -0.39 is 12.0 Å². The van der Waals surface area contributed by atoms with Gasteiger partial charge in [-0.25, -0.2) is 4.79 Å². The summed E-state index contributed by atoms with van der Waals surface area (Å²) in [6, 6.07) is 5.98. The minimum atomic E-state index is -1.000. The van der Waals surface area contributed by atoms with Crippen molar-refractivity contribution in [3.63, 3.8) is 0 Å². The Labute approximate surface area is 122 Å².